The van der Waals surface area contributed by atoms with Crippen LogP contribution in [-0.2, 0) is 16.0 Å². The van der Waals surface area contributed by atoms with Crippen molar-refractivity contribution in [1.82, 2.24) is 4.98 Å². The van der Waals surface area contributed by atoms with E-state index < -0.39 is 11.6 Å². The number of aromatic nitrogens is 1. The predicted molar refractivity (Wildman–Crippen MR) is 66.5 cm³/mol. The molecule has 0 radical (unpaired) electrons. The van der Waals surface area contributed by atoms with Gasteiger partial charge in [0.15, 0.2) is 5.82 Å². The molecule has 2 rings (SSSR count). The topological polar surface area (TPSA) is 39.2 Å². The molecule has 0 aliphatic carbocycles. The normalized spacial score (nSPS) is 12.4. The molecule has 0 aliphatic rings. The van der Waals surface area contributed by atoms with E-state index in [-0.39, 0.29) is 17.4 Å². The first kappa shape index (κ1) is 13.4. The largest absolute Gasteiger partial charge is 0.469 e. The fourth-order valence-electron chi connectivity index (χ4n) is 1.91. The van der Waals surface area contributed by atoms with Gasteiger partial charge in [-0.3, -0.25) is 4.79 Å². The van der Waals surface area contributed by atoms with Crippen LogP contribution < -0.4 is 0 Å². The highest BCUT2D eigenvalue weighted by molar-refractivity contribution is 5.79. The van der Waals surface area contributed by atoms with E-state index in [1.807, 2.05) is 0 Å². The van der Waals surface area contributed by atoms with Gasteiger partial charge in [-0.15, -0.1) is 0 Å². The fraction of sp³-hybridized carbons (Fsp3) is 0.286. The molecule has 0 bridgehead atoms. The maximum absolute atomic E-state index is 13.6. The van der Waals surface area contributed by atoms with Crippen LogP contribution in [0.5, 0.6) is 0 Å². The number of pyridine rings is 1. The summed E-state index contributed by atoms with van der Waals surface area (Å²) in [5, 5.41) is 0.395. The van der Waals surface area contributed by atoms with Gasteiger partial charge in [-0.2, -0.15) is 0 Å². The van der Waals surface area contributed by atoms with Crippen molar-refractivity contribution in [2.75, 3.05) is 7.11 Å². The Morgan fingerprint density at radius 1 is 1.37 bits per heavy atom. The van der Waals surface area contributed by atoms with E-state index in [9.17, 15) is 13.6 Å². The van der Waals surface area contributed by atoms with E-state index in [2.05, 4.69) is 9.72 Å². The van der Waals surface area contributed by atoms with E-state index in [1.54, 1.807) is 19.1 Å². The molecule has 3 nitrogen and oxygen atoms in total. The van der Waals surface area contributed by atoms with Crippen molar-refractivity contribution in [3.05, 3.63) is 41.6 Å². The summed E-state index contributed by atoms with van der Waals surface area (Å²) in [6.07, 6.45) is 0.347. The minimum absolute atomic E-state index is 0.107. The summed E-state index contributed by atoms with van der Waals surface area (Å²) >= 11 is 0. The molecule has 0 saturated carbocycles. The Labute approximate surface area is 109 Å². The molecule has 1 unspecified atom stereocenters. The second kappa shape index (κ2) is 5.30. The molecule has 0 saturated heterocycles. The number of fused-ring (bicyclic) bond motifs is 1. The SMILES string of the molecule is COC(=O)C(C)Cc1ccc2cc(F)cc(F)c2n1. The van der Waals surface area contributed by atoms with Gasteiger partial charge in [0, 0.05) is 23.6 Å². The van der Waals surface area contributed by atoms with Crippen molar-refractivity contribution >= 4 is 16.9 Å². The molecule has 19 heavy (non-hydrogen) atoms. The molecule has 0 fully saturated rings. The number of nitrogens with zero attached hydrogens (tertiary/aromatic N) is 1. The summed E-state index contributed by atoms with van der Waals surface area (Å²) in [7, 11) is 1.31. The molecule has 100 valence electrons. The van der Waals surface area contributed by atoms with Crippen molar-refractivity contribution in [2.24, 2.45) is 5.92 Å². The lowest BCUT2D eigenvalue weighted by atomic mass is 10.0. The average molecular weight is 265 g/mol. The van der Waals surface area contributed by atoms with Gasteiger partial charge in [-0.1, -0.05) is 13.0 Å². The van der Waals surface area contributed by atoms with Crippen LogP contribution >= 0.6 is 0 Å². The molecule has 0 N–H and O–H groups in total. The maximum atomic E-state index is 13.6. The Morgan fingerprint density at radius 3 is 2.79 bits per heavy atom. The monoisotopic (exact) mass is 265 g/mol. The Morgan fingerprint density at radius 2 is 2.11 bits per heavy atom. The molecule has 1 heterocycles. The Hall–Kier alpha value is -2.04. The predicted octanol–water partition coefficient (Wildman–Crippen LogP) is 2.86. The lowest BCUT2D eigenvalue weighted by Crippen LogP contribution is -2.15. The lowest BCUT2D eigenvalue weighted by molar-refractivity contribution is -0.144. The van der Waals surface area contributed by atoms with E-state index in [4.69, 9.17) is 0 Å². The van der Waals surface area contributed by atoms with Crippen molar-refractivity contribution in [2.45, 2.75) is 13.3 Å². The maximum Gasteiger partial charge on any atom is 0.308 e. The van der Waals surface area contributed by atoms with Crippen LogP contribution in [0.3, 0.4) is 0 Å². The zero-order valence-electron chi connectivity index (χ0n) is 10.6. The number of benzene rings is 1. The molecule has 1 atom stereocenters. The number of carbonyl (C=O) groups excluding carboxylic acids is 1. The Kier molecular flexibility index (Phi) is 3.74. The first-order valence-corrected chi connectivity index (χ1v) is 5.83. The van der Waals surface area contributed by atoms with Gasteiger partial charge in [-0.25, -0.2) is 13.8 Å². The molecule has 0 spiro atoms. The Bertz CT molecular complexity index is 628. The second-order valence-electron chi connectivity index (χ2n) is 4.39. The number of ether oxygens (including phenoxy) is 1. The zero-order valence-corrected chi connectivity index (χ0v) is 10.6. The van der Waals surface area contributed by atoms with Crippen molar-refractivity contribution in [3.63, 3.8) is 0 Å². The zero-order chi connectivity index (χ0) is 14.0. The molecule has 0 aliphatic heterocycles. The van der Waals surface area contributed by atoms with Crippen LogP contribution in [0, 0.1) is 17.6 Å². The summed E-state index contributed by atoms with van der Waals surface area (Å²) in [5.41, 5.74) is 0.673. The molecular formula is C14H13F2NO2. The third kappa shape index (κ3) is 2.86. The number of hydrogen-bond donors (Lipinski definition) is 0. The highest BCUT2D eigenvalue weighted by Crippen LogP contribution is 2.19. The molecule has 0 amide bonds. The number of rotatable bonds is 3. The summed E-state index contributed by atoms with van der Waals surface area (Å²) in [5.74, 6) is -2.05. The highest BCUT2D eigenvalue weighted by atomic mass is 19.1. The minimum Gasteiger partial charge on any atom is -0.469 e. The van der Waals surface area contributed by atoms with Crippen molar-refractivity contribution < 1.29 is 18.3 Å². The quantitative estimate of drug-likeness (QED) is 0.801. The lowest BCUT2D eigenvalue weighted by Gasteiger charge is -2.09. The summed E-state index contributed by atoms with van der Waals surface area (Å²) < 4.78 is 31.2. The standard InChI is InChI=1S/C14H13F2NO2/c1-8(14(18)19-2)5-11-4-3-9-6-10(15)7-12(16)13(9)17-11/h3-4,6-8H,5H2,1-2H3. The van der Waals surface area contributed by atoms with Gasteiger partial charge in [0.2, 0.25) is 0 Å². The van der Waals surface area contributed by atoms with Gasteiger partial charge >= 0.3 is 5.97 Å². The van der Waals surface area contributed by atoms with Crippen molar-refractivity contribution in [3.8, 4) is 0 Å². The van der Waals surface area contributed by atoms with Gasteiger partial charge < -0.3 is 4.74 Å². The summed E-state index contributed by atoms with van der Waals surface area (Å²) in [6, 6.07) is 5.26. The van der Waals surface area contributed by atoms with Gasteiger partial charge in [0.1, 0.15) is 11.3 Å². The molecule has 5 heteroatoms. The number of hydrogen-bond acceptors (Lipinski definition) is 3. The van der Waals surface area contributed by atoms with E-state index in [0.29, 0.717) is 17.5 Å². The second-order valence-corrected chi connectivity index (χ2v) is 4.39. The average Bonchev–Trinajstić information content (AvgIpc) is 2.38. The number of methoxy groups -OCH3 is 1. The van der Waals surface area contributed by atoms with Crippen LogP contribution in [0.25, 0.3) is 10.9 Å². The van der Waals surface area contributed by atoms with Gasteiger partial charge in [-0.05, 0) is 12.1 Å². The van der Waals surface area contributed by atoms with E-state index >= 15 is 0 Å². The Balaban J connectivity index is 2.34. The summed E-state index contributed by atoms with van der Waals surface area (Å²) in [6.45, 7) is 1.71. The molecular weight excluding hydrogens is 252 g/mol. The first-order valence-electron chi connectivity index (χ1n) is 5.83. The fourth-order valence-corrected chi connectivity index (χ4v) is 1.91. The van der Waals surface area contributed by atoms with Crippen LogP contribution in [0.2, 0.25) is 0 Å². The van der Waals surface area contributed by atoms with Crippen LogP contribution in [0.15, 0.2) is 24.3 Å². The number of esters is 1. The highest BCUT2D eigenvalue weighted by Gasteiger charge is 2.15. The molecule has 1 aromatic heterocycles. The summed E-state index contributed by atoms with van der Waals surface area (Å²) in [4.78, 5) is 15.4. The van der Waals surface area contributed by atoms with Crippen LogP contribution in [-0.4, -0.2) is 18.1 Å². The number of carbonyl (C=O) groups is 1. The molecule has 2 aromatic rings. The third-order valence-electron chi connectivity index (χ3n) is 2.89. The molecule has 1 aromatic carbocycles. The third-order valence-corrected chi connectivity index (χ3v) is 2.89. The minimum atomic E-state index is -0.706. The first-order chi connectivity index (χ1) is 9.01. The van der Waals surface area contributed by atoms with E-state index in [1.165, 1.54) is 13.2 Å². The van der Waals surface area contributed by atoms with E-state index in [0.717, 1.165) is 6.07 Å². The van der Waals surface area contributed by atoms with Gasteiger partial charge in [0.05, 0.1) is 13.0 Å². The van der Waals surface area contributed by atoms with Crippen LogP contribution in [0.1, 0.15) is 12.6 Å². The smallest absolute Gasteiger partial charge is 0.308 e. The van der Waals surface area contributed by atoms with Crippen LogP contribution in [0.4, 0.5) is 8.78 Å². The van der Waals surface area contributed by atoms with Gasteiger partial charge in [0.25, 0.3) is 0 Å². The van der Waals surface area contributed by atoms with Crippen molar-refractivity contribution in [1.29, 1.82) is 0 Å². The number of halogens is 2.